The molecule has 2 aromatic carbocycles. The molecule has 2 aromatic rings. The Labute approximate surface area is 156 Å². The Morgan fingerprint density at radius 3 is 2.42 bits per heavy atom. The zero-order chi connectivity index (χ0) is 18.9. The van der Waals surface area contributed by atoms with Gasteiger partial charge in [-0.25, -0.2) is 12.7 Å². The average Bonchev–Trinajstić information content (AvgIpc) is 2.62. The second-order valence-electron chi connectivity index (χ2n) is 5.75. The predicted octanol–water partition coefficient (Wildman–Crippen LogP) is 2.61. The van der Waals surface area contributed by atoms with Gasteiger partial charge in [-0.1, -0.05) is 11.6 Å². The van der Waals surface area contributed by atoms with Crippen molar-refractivity contribution in [2.45, 2.75) is 4.90 Å². The first-order chi connectivity index (χ1) is 12.3. The number of carbonyl (C=O) groups is 1. The van der Waals surface area contributed by atoms with E-state index in [-0.39, 0.29) is 4.90 Å². The Balaban J connectivity index is 1.79. The summed E-state index contributed by atoms with van der Waals surface area (Å²) in [5.74, 6) is 0.445. The summed E-state index contributed by atoms with van der Waals surface area (Å²) in [6, 6.07) is 8.96. The first-order valence-electron chi connectivity index (χ1n) is 7.72. The number of rotatable bonds is 4. The molecule has 1 N–H and O–H groups in total. The van der Waals surface area contributed by atoms with Crippen LogP contribution < -0.4 is 14.8 Å². The fourth-order valence-electron chi connectivity index (χ4n) is 2.37. The molecule has 0 radical (unpaired) electrons. The van der Waals surface area contributed by atoms with E-state index in [0.29, 0.717) is 41.0 Å². The van der Waals surface area contributed by atoms with Gasteiger partial charge in [0.25, 0.3) is 5.91 Å². The smallest absolute Gasteiger partial charge is 0.255 e. The maximum absolute atomic E-state index is 12.4. The highest BCUT2D eigenvalue weighted by atomic mass is 35.5. The van der Waals surface area contributed by atoms with Gasteiger partial charge < -0.3 is 14.8 Å². The quantitative estimate of drug-likeness (QED) is 0.858. The van der Waals surface area contributed by atoms with Gasteiger partial charge in [-0.3, -0.25) is 4.79 Å². The van der Waals surface area contributed by atoms with Gasteiger partial charge in [-0.15, -0.1) is 0 Å². The van der Waals surface area contributed by atoms with Gasteiger partial charge in [0.15, 0.2) is 11.5 Å². The summed E-state index contributed by atoms with van der Waals surface area (Å²) in [4.78, 5) is 12.6. The molecule has 9 heteroatoms. The molecule has 0 unspecified atom stereocenters. The molecule has 0 aromatic heterocycles. The van der Waals surface area contributed by atoms with E-state index >= 15 is 0 Å². The molecule has 26 heavy (non-hydrogen) atoms. The Kier molecular flexibility index (Phi) is 5.08. The average molecular weight is 397 g/mol. The first kappa shape index (κ1) is 18.5. The van der Waals surface area contributed by atoms with Crippen LogP contribution in [0.5, 0.6) is 11.5 Å². The number of nitrogens with zero attached hydrogens (tertiary/aromatic N) is 1. The number of benzene rings is 2. The Morgan fingerprint density at radius 1 is 1.12 bits per heavy atom. The van der Waals surface area contributed by atoms with Crippen molar-refractivity contribution in [2.24, 2.45) is 0 Å². The molecule has 138 valence electrons. The van der Waals surface area contributed by atoms with E-state index in [0.717, 1.165) is 4.31 Å². The molecule has 0 fully saturated rings. The molecule has 0 aliphatic carbocycles. The fraction of sp³-hybridized carbons (Fsp3) is 0.235. The van der Waals surface area contributed by atoms with Crippen molar-refractivity contribution in [3.05, 3.63) is 47.0 Å². The number of amides is 1. The zero-order valence-electron chi connectivity index (χ0n) is 14.2. The summed E-state index contributed by atoms with van der Waals surface area (Å²) in [5, 5.41) is 2.99. The summed E-state index contributed by atoms with van der Waals surface area (Å²) in [7, 11) is -0.607. The topological polar surface area (TPSA) is 84.9 Å². The van der Waals surface area contributed by atoms with Crippen LogP contribution in [0.2, 0.25) is 5.02 Å². The third kappa shape index (κ3) is 3.62. The van der Waals surface area contributed by atoms with E-state index in [9.17, 15) is 13.2 Å². The number of sulfonamides is 1. The summed E-state index contributed by atoms with van der Waals surface area (Å²) >= 11 is 6.14. The number of nitrogens with one attached hydrogen (secondary N) is 1. The number of ether oxygens (including phenoxy) is 2. The van der Waals surface area contributed by atoms with E-state index < -0.39 is 15.9 Å². The fourth-order valence-corrected chi connectivity index (χ4v) is 3.53. The number of halogens is 1. The lowest BCUT2D eigenvalue weighted by molar-refractivity contribution is 0.102. The van der Waals surface area contributed by atoms with Gasteiger partial charge in [0.2, 0.25) is 10.0 Å². The van der Waals surface area contributed by atoms with Crippen LogP contribution in [0.3, 0.4) is 0 Å². The van der Waals surface area contributed by atoms with Crippen LogP contribution in [0, 0.1) is 0 Å². The lowest BCUT2D eigenvalue weighted by Crippen LogP contribution is -2.22. The van der Waals surface area contributed by atoms with Crippen LogP contribution in [0.25, 0.3) is 0 Å². The summed E-state index contributed by atoms with van der Waals surface area (Å²) in [5.41, 5.74) is 0.767. The SMILES string of the molecule is CN(C)S(=O)(=O)c1ccc(NC(=O)c2cc(Cl)c3c(c2)OCCO3)cc1. The van der Waals surface area contributed by atoms with Crippen molar-refractivity contribution in [3.63, 3.8) is 0 Å². The van der Waals surface area contributed by atoms with Crippen molar-refractivity contribution < 1.29 is 22.7 Å². The largest absolute Gasteiger partial charge is 0.486 e. The van der Waals surface area contributed by atoms with Crippen molar-refractivity contribution >= 4 is 33.2 Å². The molecule has 1 aliphatic rings. The highest BCUT2D eigenvalue weighted by Crippen LogP contribution is 2.38. The van der Waals surface area contributed by atoms with Crippen molar-refractivity contribution in [1.82, 2.24) is 4.31 Å². The summed E-state index contributed by atoms with van der Waals surface area (Å²) in [6.45, 7) is 0.788. The Hall–Kier alpha value is -2.29. The monoisotopic (exact) mass is 396 g/mol. The lowest BCUT2D eigenvalue weighted by Gasteiger charge is -2.20. The van der Waals surface area contributed by atoms with E-state index in [1.54, 1.807) is 6.07 Å². The highest BCUT2D eigenvalue weighted by Gasteiger charge is 2.20. The molecule has 1 heterocycles. The minimum absolute atomic E-state index is 0.142. The van der Waals surface area contributed by atoms with E-state index in [4.69, 9.17) is 21.1 Å². The van der Waals surface area contributed by atoms with Crippen LogP contribution in [0.1, 0.15) is 10.4 Å². The molecule has 0 spiro atoms. The molecule has 1 aliphatic heterocycles. The van der Waals surface area contributed by atoms with Gasteiger partial charge >= 0.3 is 0 Å². The normalized spacial score (nSPS) is 13.5. The minimum Gasteiger partial charge on any atom is -0.486 e. The molecule has 7 nitrogen and oxygen atoms in total. The molecule has 1 amide bonds. The minimum atomic E-state index is -3.52. The van der Waals surface area contributed by atoms with E-state index in [1.165, 1.54) is 44.4 Å². The van der Waals surface area contributed by atoms with E-state index in [2.05, 4.69) is 5.32 Å². The Bertz CT molecular complexity index is 942. The third-order valence-corrected chi connectivity index (χ3v) is 5.86. The van der Waals surface area contributed by atoms with Gasteiger partial charge in [-0.05, 0) is 36.4 Å². The lowest BCUT2D eigenvalue weighted by atomic mass is 10.1. The summed E-state index contributed by atoms with van der Waals surface area (Å²) < 4.78 is 36.1. The predicted molar refractivity (Wildman–Crippen MR) is 97.7 cm³/mol. The van der Waals surface area contributed by atoms with Crippen LogP contribution in [0.15, 0.2) is 41.3 Å². The number of carbonyl (C=O) groups excluding carboxylic acids is 1. The molecule has 0 saturated carbocycles. The van der Waals surface area contributed by atoms with Gasteiger partial charge in [0.1, 0.15) is 13.2 Å². The highest BCUT2D eigenvalue weighted by molar-refractivity contribution is 7.89. The van der Waals surface area contributed by atoms with E-state index in [1.807, 2.05) is 0 Å². The number of hydrogen-bond donors (Lipinski definition) is 1. The van der Waals surface area contributed by atoms with Gasteiger partial charge in [-0.2, -0.15) is 0 Å². The number of anilines is 1. The number of hydrogen-bond acceptors (Lipinski definition) is 5. The van der Waals surface area contributed by atoms with Crippen LogP contribution in [-0.2, 0) is 10.0 Å². The van der Waals surface area contributed by atoms with Crippen LogP contribution in [-0.4, -0.2) is 45.9 Å². The molecule has 0 saturated heterocycles. The molecule has 0 bridgehead atoms. The summed E-state index contributed by atoms with van der Waals surface area (Å²) in [6.07, 6.45) is 0. The first-order valence-corrected chi connectivity index (χ1v) is 9.54. The molecule has 0 atom stereocenters. The van der Waals surface area contributed by atoms with Gasteiger partial charge in [0.05, 0.1) is 9.92 Å². The third-order valence-electron chi connectivity index (χ3n) is 3.75. The van der Waals surface area contributed by atoms with Crippen LogP contribution in [0.4, 0.5) is 5.69 Å². The van der Waals surface area contributed by atoms with Crippen molar-refractivity contribution in [2.75, 3.05) is 32.6 Å². The second-order valence-corrected chi connectivity index (χ2v) is 8.31. The maximum Gasteiger partial charge on any atom is 0.255 e. The molecular weight excluding hydrogens is 380 g/mol. The van der Waals surface area contributed by atoms with Crippen LogP contribution >= 0.6 is 11.6 Å². The van der Waals surface area contributed by atoms with Crippen molar-refractivity contribution in [1.29, 1.82) is 0 Å². The number of fused-ring (bicyclic) bond motifs is 1. The van der Waals surface area contributed by atoms with Crippen molar-refractivity contribution in [3.8, 4) is 11.5 Å². The molecular formula is C17H17ClN2O5S. The Morgan fingerprint density at radius 2 is 1.77 bits per heavy atom. The van der Waals surface area contributed by atoms with Gasteiger partial charge in [0, 0.05) is 25.3 Å². The molecule has 3 rings (SSSR count). The standard InChI is InChI=1S/C17H17ClN2O5S/c1-20(2)26(22,23)13-5-3-12(4-6-13)19-17(21)11-9-14(18)16-15(10-11)24-7-8-25-16/h3-6,9-10H,7-8H2,1-2H3,(H,19,21). The second kappa shape index (κ2) is 7.14. The maximum atomic E-state index is 12.4. The zero-order valence-corrected chi connectivity index (χ0v) is 15.7.